The van der Waals surface area contributed by atoms with E-state index in [1.165, 1.54) is 30.2 Å². The SMILES string of the molecule is NC1(c2nc(-c3cc(F)ccc3F)cs2)CCCCCC1. The zero-order chi connectivity index (χ0) is 14.9. The van der Waals surface area contributed by atoms with Gasteiger partial charge in [0.05, 0.1) is 11.2 Å². The summed E-state index contributed by atoms with van der Waals surface area (Å²) in [5.41, 5.74) is 6.78. The quantitative estimate of drug-likeness (QED) is 0.824. The predicted octanol–water partition coefficient (Wildman–Crippen LogP) is 4.60. The molecule has 0 radical (unpaired) electrons. The topological polar surface area (TPSA) is 38.9 Å². The Kier molecular flexibility index (Phi) is 4.04. The standard InChI is InChI=1S/C16H18F2N2S/c17-11-5-6-13(18)12(9-11)14-10-21-15(20-14)16(19)7-3-1-2-4-8-16/h5-6,9-10H,1-4,7-8,19H2. The third-order valence-electron chi connectivity index (χ3n) is 4.13. The van der Waals surface area contributed by atoms with Crippen LogP contribution in [0.3, 0.4) is 0 Å². The van der Waals surface area contributed by atoms with Crippen LogP contribution >= 0.6 is 11.3 Å². The van der Waals surface area contributed by atoms with Crippen molar-refractivity contribution in [3.8, 4) is 11.3 Å². The molecule has 2 N–H and O–H groups in total. The highest BCUT2D eigenvalue weighted by molar-refractivity contribution is 7.10. The minimum atomic E-state index is -0.460. The van der Waals surface area contributed by atoms with Crippen molar-refractivity contribution >= 4 is 11.3 Å². The highest BCUT2D eigenvalue weighted by Gasteiger charge is 2.31. The minimum absolute atomic E-state index is 0.203. The molecule has 1 aromatic carbocycles. The van der Waals surface area contributed by atoms with Crippen molar-refractivity contribution in [1.82, 2.24) is 4.98 Å². The Morgan fingerprint density at radius 2 is 1.81 bits per heavy atom. The molecule has 1 fully saturated rings. The number of nitrogens with zero attached hydrogens (tertiary/aromatic N) is 1. The number of aromatic nitrogens is 1. The number of thiazole rings is 1. The summed E-state index contributed by atoms with van der Waals surface area (Å²) in [6.07, 6.45) is 6.42. The summed E-state index contributed by atoms with van der Waals surface area (Å²) in [7, 11) is 0. The molecular weight excluding hydrogens is 290 g/mol. The summed E-state index contributed by atoms with van der Waals surface area (Å²) in [4.78, 5) is 4.51. The van der Waals surface area contributed by atoms with Crippen LogP contribution in [0.2, 0.25) is 0 Å². The van der Waals surface area contributed by atoms with Crippen molar-refractivity contribution in [3.05, 3.63) is 40.2 Å². The fraction of sp³-hybridized carbons (Fsp3) is 0.438. The van der Waals surface area contributed by atoms with Gasteiger partial charge >= 0.3 is 0 Å². The van der Waals surface area contributed by atoms with Gasteiger partial charge in [-0.25, -0.2) is 13.8 Å². The van der Waals surface area contributed by atoms with Gasteiger partial charge in [0, 0.05) is 10.9 Å². The lowest BCUT2D eigenvalue weighted by Gasteiger charge is -2.25. The molecule has 112 valence electrons. The van der Waals surface area contributed by atoms with Crippen LogP contribution in [0.1, 0.15) is 43.5 Å². The monoisotopic (exact) mass is 308 g/mol. The second-order valence-corrected chi connectivity index (χ2v) is 6.59. The molecule has 1 aliphatic rings. The summed E-state index contributed by atoms with van der Waals surface area (Å²) in [6.45, 7) is 0. The molecule has 0 aliphatic heterocycles. The largest absolute Gasteiger partial charge is 0.319 e. The van der Waals surface area contributed by atoms with Gasteiger partial charge < -0.3 is 5.73 Å². The number of benzene rings is 1. The summed E-state index contributed by atoms with van der Waals surface area (Å²) in [5.74, 6) is -0.918. The average molecular weight is 308 g/mol. The molecule has 0 atom stereocenters. The third kappa shape index (κ3) is 2.99. The van der Waals surface area contributed by atoms with Crippen LogP contribution in [0, 0.1) is 11.6 Å². The molecule has 0 amide bonds. The first kappa shape index (κ1) is 14.6. The van der Waals surface area contributed by atoms with Crippen LogP contribution in [0.25, 0.3) is 11.3 Å². The Labute approximate surface area is 127 Å². The molecule has 0 bridgehead atoms. The molecule has 5 heteroatoms. The van der Waals surface area contributed by atoms with Crippen LogP contribution in [0.5, 0.6) is 0 Å². The van der Waals surface area contributed by atoms with Gasteiger partial charge in [0.1, 0.15) is 16.6 Å². The number of rotatable bonds is 2. The first-order valence-electron chi connectivity index (χ1n) is 7.29. The zero-order valence-corrected chi connectivity index (χ0v) is 12.6. The number of hydrogen-bond donors (Lipinski definition) is 1. The van der Waals surface area contributed by atoms with E-state index in [4.69, 9.17) is 5.73 Å². The van der Waals surface area contributed by atoms with E-state index in [1.54, 1.807) is 5.38 Å². The summed E-state index contributed by atoms with van der Waals surface area (Å²) >= 11 is 1.45. The lowest BCUT2D eigenvalue weighted by Crippen LogP contribution is -2.35. The van der Waals surface area contributed by atoms with Crippen LogP contribution in [-0.2, 0) is 5.54 Å². The molecule has 3 rings (SSSR count). The Morgan fingerprint density at radius 3 is 2.52 bits per heavy atom. The Bertz CT molecular complexity index is 631. The van der Waals surface area contributed by atoms with E-state index < -0.39 is 17.2 Å². The van der Waals surface area contributed by atoms with Crippen molar-refractivity contribution < 1.29 is 8.78 Å². The van der Waals surface area contributed by atoms with Crippen molar-refractivity contribution in [3.63, 3.8) is 0 Å². The molecule has 2 aromatic rings. The Hall–Kier alpha value is -1.33. The Balaban J connectivity index is 1.94. The lowest BCUT2D eigenvalue weighted by atomic mass is 9.92. The summed E-state index contributed by atoms with van der Waals surface area (Å²) in [6, 6.07) is 3.43. The van der Waals surface area contributed by atoms with Gasteiger partial charge in [-0.3, -0.25) is 0 Å². The molecule has 1 saturated carbocycles. The number of halogens is 2. The van der Waals surface area contributed by atoms with E-state index >= 15 is 0 Å². The van der Waals surface area contributed by atoms with Gasteiger partial charge in [-0.2, -0.15) is 0 Å². The predicted molar refractivity (Wildman–Crippen MR) is 81.0 cm³/mol. The van der Waals surface area contributed by atoms with E-state index in [0.29, 0.717) is 5.69 Å². The maximum Gasteiger partial charge on any atom is 0.132 e. The highest BCUT2D eigenvalue weighted by atomic mass is 32.1. The fourth-order valence-corrected chi connectivity index (χ4v) is 3.89. The van der Waals surface area contributed by atoms with Crippen molar-refractivity contribution in [2.75, 3.05) is 0 Å². The third-order valence-corrected chi connectivity index (χ3v) is 5.19. The first-order chi connectivity index (χ1) is 10.1. The maximum atomic E-state index is 13.8. The molecule has 2 nitrogen and oxygen atoms in total. The van der Waals surface area contributed by atoms with Crippen molar-refractivity contribution in [1.29, 1.82) is 0 Å². The van der Waals surface area contributed by atoms with E-state index in [2.05, 4.69) is 4.98 Å². The van der Waals surface area contributed by atoms with Gasteiger partial charge in [0.15, 0.2) is 0 Å². The smallest absolute Gasteiger partial charge is 0.132 e. The summed E-state index contributed by atoms with van der Waals surface area (Å²) in [5, 5.41) is 2.61. The molecule has 21 heavy (non-hydrogen) atoms. The zero-order valence-electron chi connectivity index (χ0n) is 11.7. The normalized spacial score (nSPS) is 18.4. The average Bonchev–Trinajstić information content (AvgIpc) is 2.86. The molecule has 0 spiro atoms. The molecule has 1 heterocycles. The van der Waals surface area contributed by atoms with Crippen LogP contribution in [-0.4, -0.2) is 4.98 Å². The van der Waals surface area contributed by atoms with Crippen LogP contribution in [0.4, 0.5) is 8.78 Å². The maximum absolute atomic E-state index is 13.8. The first-order valence-corrected chi connectivity index (χ1v) is 8.17. The second kappa shape index (κ2) is 5.81. The number of hydrogen-bond acceptors (Lipinski definition) is 3. The van der Waals surface area contributed by atoms with Gasteiger partial charge in [-0.05, 0) is 31.0 Å². The molecular formula is C16H18F2N2S. The summed E-state index contributed by atoms with van der Waals surface area (Å²) < 4.78 is 27.1. The van der Waals surface area contributed by atoms with Gasteiger partial charge in [-0.15, -0.1) is 11.3 Å². The molecule has 0 unspecified atom stereocenters. The van der Waals surface area contributed by atoms with Crippen molar-refractivity contribution in [2.45, 2.75) is 44.1 Å². The second-order valence-electron chi connectivity index (χ2n) is 5.73. The number of nitrogens with two attached hydrogens (primary N) is 1. The van der Waals surface area contributed by atoms with E-state index in [1.807, 2.05) is 0 Å². The van der Waals surface area contributed by atoms with E-state index in [9.17, 15) is 8.78 Å². The van der Waals surface area contributed by atoms with E-state index in [-0.39, 0.29) is 5.56 Å². The Morgan fingerprint density at radius 1 is 1.10 bits per heavy atom. The molecule has 1 aromatic heterocycles. The van der Waals surface area contributed by atoms with Gasteiger partial charge in [0.25, 0.3) is 0 Å². The lowest BCUT2D eigenvalue weighted by molar-refractivity contribution is 0.384. The fourth-order valence-electron chi connectivity index (χ4n) is 2.89. The van der Waals surface area contributed by atoms with Crippen molar-refractivity contribution in [2.24, 2.45) is 5.73 Å². The van der Waals surface area contributed by atoms with Crippen LogP contribution in [0.15, 0.2) is 23.6 Å². The van der Waals surface area contributed by atoms with Crippen LogP contribution < -0.4 is 5.73 Å². The molecule has 1 aliphatic carbocycles. The molecule has 0 saturated heterocycles. The minimum Gasteiger partial charge on any atom is -0.319 e. The van der Waals surface area contributed by atoms with Gasteiger partial charge in [-0.1, -0.05) is 25.7 Å². The highest BCUT2D eigenvalue weighted by Crippen LogP contribution is 2.37. The van der Waals surface area contributed by atoms with E-state index in [0.717, 1.165) is 42.8 Å². The van der Waals surface area contributed by atoms with Gasteiger partial charge in [0.2, 0.25) is 0 Å².